The van der Waals surface area contributed by atoms with E-state index in [1.807, 2.05) is 17.0 Å². The summed E-state index contributed by atoms with van der Waals surface area (Å²) >= 11 is 0. The van der Waals surface area contributed by atoms with Crippen LogP contribution in [0.4, 0.5) is 0 Å². The Kier molecular flexibility index (Phi) is 3.51. The van der Waals surface area contributed by atoms with Gasteiger partial charge in [0.1, 0.15) is 11.3 Å². The molecule has 20 heavy (non-hydrogen) atoms. The SMILES string of the molecule is O=C1CCN(CCc2ccco2)C(=O)C2(CCCC2)N1. The van der Waals surface area contributed by atoms with Crippen LogP contribution in [0.25, 0.3) is 0 Å². The van der Waals surface area contributed by atoms with Crippen molar-refractivity contribution in [2.75, 3.05) is 13.1 Å². The molecule has 2 fully saturated rings. The smallest absolute Gasteiger partial charge is 0.248 e. The highest BCUT2D eigenvalue weighted by molar-refractivity contribution is 5.93. The minimum Gasteiger partial charge on any atom is -0.469 e. The van der Waals surface area contributed by atoms with Gasteiger partial charge in [-0.3, -0.25) is 9.59 Å². The largest absolute Gasteiger partial charge is 0.469 e. The molecular weight excluding hydrogens is 256 g/mol. The third-order valence-electron chi connectivity index (χ3n) is 4.35. The Hall–Kier alpha value is -1.78. The molecule has 1 aliphatic heterocycles. The van der Waals surface area contributed by atoms with Gasteiger partial charge in [0.05, 0.1) is 6.26 Å². The van der Waals surface area contributed by atoms with Gasteiger partial charge < -0.3 is 14.6 Å². The maximum Gasteiger partial charge on any atom is 0.248 e. The lowest BCUT2D eigenvalue weighted by Gasteiger charge is -2.31. The number of amides is 2. The number of nitrogens with one attached hydrogen (secondary N) is 1. The van der Waals surface area contributed by atoms with Gasteiger partial charge >= 0.3 is 0 Å². The zero-order valence-electron chi connectivity index (χ0n) is 11.6. The van der Waals surface area contributed by atoms with Gasteiger partial charge in [-0.05, 0) is 25.0 Å². The van der Waals surface area contributed by atoms with Crippen molar-refractivity contribution < 1.29 is 14.0 Å². The molecule has 1 aromatic rings. The van der Waals surface area contributed by atoms with Crippen LogP contribution in [-0.2, 0) is 16.0 Å². The molecule has 0 unspecified atom stereocenters. The van der Waals surface area contributed by atoms with Crippen LogP contribution >= 0.6 is 0 Å². The van der Waals surface area contributed by atoms with E-state index in [1.54, 1.807) is 6.26 Å². The van der Waals surface area contributed by atoms with E-state index >= 15 is 0 Å². The number of hydrogen-bond donors (Lipinski definition) is 1. The molecular formula is C15H20N2O3. The standard InChI is InChI=1S/C15H20N2O3/c18-13-6-10-17(9-5-12-4-3-11-20-12)14(19)15(16-13)7-1-2-8-15/h3-4,11H,1-2,5-10H2,(H,16,18). The summed E-state index contributed by atoms with van der Waals surface area (Å²) in [6, 6.07) is 3.76. The second kappa shape index (κ2) is 5.31. The molecule has 0 bridgehead atoms. The van der Waals surface area contributed by atoms with Gasteiger partial charge in [-0.2, -0.15) is 0 Å². The van der Waals surface area contributed by atoms with Crippen molar-refractivity contribution in [3.05, 3.63) is 24.2 Å². The van der Waals surface area contributed by atoms with Crippen LogP contribution in [-0.4, -0.2) is 35.3 Å². The molecule has 108 valence electrons. The number of furan rings is 1. The maximum atomic E-state index is 12.8. The molecule has 1 aromatic heterocycles. The highest BCUT2D eigenvalue weighted by atomic mass is 16.3. The molecule has 2 amide bonds. The summed E-state index contributed by atoms with van der Waals surface area (Å²) in [4.78, 5) is 26.4. The van der Waals surface area contributed by atoms with Crippen molar-refractivity contribution in [3.8, 4) is 0 Å². The lowest BCUT2D eigenvalue weighted by molar-refractivity contribution is -0.138. The lowest BCUT2D eigenvalue weighted by Crippen LogP contribution is -2.55. The predicted octanol–water partition coefficient (Wildman–Crippen LogP) is 1.48. The van der Waals surface area contributed by atoms with Gasteiger partial charge in [0, 0.05) is 25.9 Å². The normalized spacial score (nSPS) is 22.1. The van der Waals surface area contributed by atoms with Crippen LogP contribution in [0.1, 0.15) is 37.9 Å². The van der Waals surface area contributed by atoms with E-state index in [2.05, 4.69) is 5.32 Å². The molecule has 0 aromatic carbocycles. The van der Waals surface area contributed by atoms with Gasteiger partial charge in [0.25, 0.3) is 0 Å². The summed E-state index contributed by atoms with van der Waals surface area (Å²) in [5.74, 6) is 0.968. The Labute approximate surface area is 118 Å². The highest BCUT2D eigenvalue weighted by Gasteiger charge is 2.46. The first-order chi connectivity index (χ1) is 9.70. The van der Waals surface area contributed by atoms with Crippen LogP contribution < -0.4 is 5.32 Å². The average molecular weight is 276 g/mol. The molecule has 0 radical (unpaired) electrons. The minimum absolute atomic E-state index is 0.000693. The Morgan fingerprint density at radius 1 is 1.30 bits per heavy atom. The van der Waals surface area contributed by atoms with E-state index in [4.69, 9.17) is 4.42 Å². The second-order valence-electron chi connectivity index (χ2n) is 5.71. The molecule has 2 heterocycles. The van der Waals surface area contributed by atoms with Crippen LogP contribution in [0.5, 0.6) is 0 Å². The third-order valence-corrected chi connectivity index (χ3v) is 4.35. The van der Waals surface area contributed by atoms with Gasteiger partial charge in [-0.15, -0.1) is 0 Å². The highest BCUT2D eigenvalue weighted by Crippen LogP contribution is 2.33. The first-order valence-electron chi connectivity index (χ1n) is 7.32. The van der Waals surface area contributed by atoms with Gasteiger partial charge in [0.2, 0.25) is 11.8 Å². The predicted molar refractivity (Wildman–Crippen MR) is 73.0 cm³/mol. The molecule has 1 aliphatic carbocycles. The lowest BCUT2D eigenvalue weighted by atomic mass is 9.96. The van der Waals surface area contributed by atoms with Gasteiger partial charge in [-0.1, -0.05) is 12.8 Å². The fourth-order valence-electron chi connectivity index (χ4n) is 3.25. The van der Waals surface area contributed by atoms with E-state index < -0.39 is 5.54 Å². The molecule has 0 atom stereocenters. The Morgan fingerprint density at radius 3 is 2.80 bits per heavy atom. The van der Waals surface area contributed by atoms with Gasteiger partial charge in [0.15, 0.2) is 0 Å². The summed E-state index contributed by atoms with van der Waals surface area (Å²) in [6.45, 7) is 1.12. The van der Waals surface area contributed by atoms with Crippen molar-refractivity contribution in [3.63, 3.8) is 0 Å². The zero-order valence-corrected chi connectivity index (χ0v) is 11.6. The zero-order chi connectivity index (χ0) is 14.0. The summed E-state index contributed by atoms with van der Waals surface area (Å²) in [5.41, 5.74) is -0.628. The Morgan fingerprint density at radius 2 is 2.10 bits per heavy atom. The van der Waals surface area contributed by atoms with E-state index in [-0.39, 0.29) is 11.8 Å². The Balaban J connectivity index is 1.72. The van der Waals surface area contributed by atoms with Crippen LogP contribution in [0, 0.1) is 0 Å². The fraction of sp³-hybridized carbons (Fsp3) is 0.600. The quantitative estimate of drug-likeness (QED) is 0.909. The number of carbonyl (C=O) groups excluding carboxylic acids is 2. The number of carbonyl (C=O) groups is 2. The Bertz CT molecular complexity index is 489. The van der Waals surface area contributed by atoms with Gasteiger partial charge in [-0.25, -0.2) is 0 Å². The molecule has 1 spiro atoms. The van der Waals surface area contributed by atoms with Crippen LogP contribution in [0.2, 0.25) is 0 Å². The molecule has 1 N–H and O–H groups in total. The third kappa shape index (κ3) is 2.44. The fourth-order valence-corrected chi connectivity index (χ4v) is 3.25. The number of nitrogens with zero attached hydrogens (tertiary/aromatic N) is 1. The first kappa shape index (κ1) is 13.2. The number of hydrogen-bond acceptors (Lipinski definition) is 3. The van der Waals surface area contributed by atoms with Crippen molar-refractivity contribution in [2.45, 2.75) is 44.1 Å². The van der Waals surface area contributed by atoms with E-state index in [9.17, 15) is 9.59 Å². The summed E-state index contributed by atoms with van der Waals surface area (Å²) in [7, 11) is 0. The monoisotopic (exact) mass is 276 g/mol. The summed E-state index contributed by atoms with van der Waals surface area (Å²) < 4.78 is 5.31. The van der Waals surface area contributed by atoms with Crippen molar-refractivity contribution in [2.24, 2.45) is 0 Å². The molecule has 1 saturated heterocycles. The molecule has 5 nitrogen and oxygen atoms in total. The first-order valence-corrected chi connectivity index (χ1v) is 7.32. The molecule has 5 heteroatoms. The van der Waals surface area contributed by atoms with Crippen LogP contribution in [0.15, 0.2) is 22.8 Å². The van der Waals surface area contributed by atoms with Crippen LogP contribution in [0.3, 0.4) is 0 Å². The number of rotatable bonds is 3. The average Bonchev–Trinajstić information content (AvgIpc) is 3.07. The minimum atomic E-state index is -0.628. The van der Waals surface area contributed by atoms with E-state index in [1.165, 1.54) is 0 Å². The summed E-state index contributed by atoms with van der Waals surface area (Å²) in [6.07, 6.45) is 6.30. The van der Waals surface area contributed by atoms with Crippen molar-refractivity contribution >= 4 is 11.8 Å². The molecule has 3 rings (SSSR count). The molecule has 1 saturated carbocycles. The maximum absolute atomic E-state index is 12.8. The van der Waals surface area contributed by atoms with Crippen molar-refractivity contribution in [1.82, 2.24) is 10.2 Å². The van der Waals surface area contributed by atoms with E-state index in [0.29, 0.717) is 25.9 Å². The second-order valence-corrected chi connectivity index (χ2v) is 5.71. The van der Waals surface area contributed by atoms with E-state index in [0.717, 1.165) is 31.4 Å². The molecule has 2 aliphatic rings. The van der Waals surface area contributed by atoms with Crippen molar-refractivity contribution in [1.29, 1.82) is 0 Å². The summed E-state index contributed by atoms with van der Waals surface area (Å²) in [5, 5.41) is 2.97. The topological polar surface area (TPSA) is 62.6 Å².